The number of fused-ring (bicyclic) bond motifs is 2. The van der Waals surface area contributed by atoms with Gasteiger partial charge in [-0.2, -0.15) is 33.7 Å². The fourth-order valence-electron chi connectivity index (χ4n) is 11.3. The number of alkyl carbamates (subject to hydrolysis) is 1. The second-order valence-electron chi connectivity index (χ2n) is 22.7. The average molecular weight is 1360 g/mol. The third-order valence-electron chi connectivity index (χ3n) is 16.0. The normalized spacial score (nSPS) is 26.8. The largest absolute Gasteiger partial charge is 0.440 e. The molecule has 0 radical (unpaired) electrons. The van der Waals surface area contributed by atoms with Gasteiger partial charge in [-0.25, -0.2) is 9.37 Å². The number of carbonyl (C=O) groups is 2. The molecule has 0 saturated carbocycles. The Labute approximate surface area is 523 Å². The highest BCUT2D eigenvalue weighted by Crippen LogP contribution is 2.49. The van der Waals surface area contributed by atoms with Gasteiger partial charge in [0.05, 0.1) is 59.9 Å². The molecule has 2 fully saturated rings. The Morgan fingerprint density at radius 1 is 0.689 bits per heavy atom. The predicted molar refractivity (Wildman–Crippen MR) is 320 cm³/mol. The number of benzene rings is 2. The van der Waals surface area contributed by atoms with Gasteiger partial charge in [0.2, 0.25) is 11.6 Å². The molecule has 2 aromatic rings. The quantitative estimate of drug-likeness (QED) is 0.0199. The minimum Gasteiger partial charge on any atom is -0.440 e. The molecule has 12 N–H and O–H groups in total. The number of allylic oxidation sites excluding steroid dienone is 6. The van der Waals surface area contributed by atoms with Crippen LogP contribution in [-0.2, 0) is 84.6 Å². The number of hydrogen-bond acceptors (Lipinski definition) is 23. The number of ether oxygens (including phenoxy) is 6. The Morgan fingerprint density at radius 3 is 1.94 bits per heavy atom. The van der Waals surface area contributed by atoms with E-state index in [2.05, 4.69) is 10.6 Å². The second kappa shape index (κ2) is 31.8. The molecule has 0 aliphatic carbocycles. The Balaban J connectivity index is 1.06. The highest BCUT2D eigenvalue weighted by Gasteiger charge is 2.53. The lowest BCUT2D eigenvalue weighted by atomic mass is 9.83. The molecule has 6 rings (SSSR count). The molecule has 4 aliphatic rings. The number of aliphatic hydroxyl groups excluding tert-OH is 6. The van der Waals surface area contributed by atoms with E-state index in [0.29, 0.717) is 53.9 Å². The van der Waals surface area contributed by atoms with Crippen LogP contribution < -0.4 is 15.5 Å². The van der Waals surface area contributed by atoms with E-state index in [9.17, 15) is 92.1 Å². The Kier molecular flexibility index (Phi) is 26.2. The number of aliphatic hydroxyl groups is 6. The molecular formula is C56H83N4O26S4+. The highest BCUT2D eigenvalue weighted by atomic mass is 32.2. The molecular weight excluding hydrogens is 1270 g/mol. The second-order valence-corrected chi connectivity index (χ2v) is 28.7. The van der Waals surface area contributed by atoms with Crippen LogP contribution in [0.2, 0.25) is 0 Å². The van der Waals surface area contributed by atoms with Crippen molar-refractivity contribution in [2.45, 2.75) is 161 Å². The third-order valence-corrected chi connectivity index (χ3v) is 19.3. The fraction of sp³-hybridized carbons (Fsp3) is 0.625. The first-order valence-corrected chi connectivity index (χ1v) is 35.1. The van der Waals surface area contributed by atoms with E-state index in [1.54, 1.807) is 37.3 Å². The van der Waals surface area contributed by atoms with Gasteiger partial charge in [0.25, 0.3) is 40.5 Å². The van der Waals surface area contributed by atoms with Crippen LogP contribution in [0.4, 0.5) is 10.5 Å². The van der Waals surface area contributed by atoms with Crippen molar-refractivity contribution >= 4 is 63.9 Å². The van der Waals surface area contributed by atoms with Crippen molar-refractivity contribution in [3.8, 4) is 0 Å². The summed E-state index contributed by atoms with van der Waals surface area (Å²) in [6.07, 6.45) is -5.82. The Morgan fingerprint density at radius 2 is 1.31 bits per heavy atom. The van der Waals surface area contributed by atoms with Crippen LogP contribution in [0.1, 0.15) is 95.2 Å². The summed E-state index contributed by atoms with van der Waals surface area (Å²) >= 11 is 0. The standard InChI is InChI=1S/C56H82N4O26S4/c1-55(2)39-32-36(90(78,79)80)19-21-41(39)59(44(55)16-8-5-7-15-40-37-20-18-35(89(75,76)77)31-38(37)56(3,22-10-13-29-87(69,70)71)60(40)25-12-14-30-88(72,73)74)24-11-6-9-17-45(63)58-23-26-81-27-28-82-53-51(47(65)46(64)42(33-61)83-53)85-52-49(67)48(66)50(43(34-62)84-52)86-54(68)57-4/h5,7-8,15-16,18-21,31-32,42-43,46-53,61-62,64-67H,6,9-14,17,22-30,33-34H2,1-4H3,(H5-,57,58,63,68,69,70,71,72,73,74,75,76,77,78,79,80)/p+1/t42-,43+,46+,47-,48+,49-,50+,51-,52+,53-,56?/m0/s1. The molecule has 1 unspecified atom stereocenters. The smallest absolute Gasteiger partial charge is 0.407 e. The maximum atomic E-state index is 12.9. The van der Waals surface area contributed by atoms with Gasteiger partial charge in [-0.1, -0.05) is 38.5 Å². The summed E-state index contributed by atoms with van der Waals surface area (Å²) in [6, 6.07) is 8.43. The summed E-state index contributed by atoms with van der Waals surface area (Å²) in [5.74, 6) is -1.30. The van der Waals surface area contributed by atoms with Crippen molar-refractivity contribution in [1.82, 2.24) is 10.6 Å². The van der Waals surface area contributed by atoms with Crippen LogP contribution in [-0.4, -0.2) is 237 Å². The van der Waals surface area contributed by atoms with Crippen molar-refractivity contribution < 1.29 is 125 Å². The number of nitrogens with one attached hydrogen (secondary N) is 2. The third kappa shape index (κ3) is 19.3. The van der Waals surface area contributed by atoms with Crippen LogP contribution in [0.25, 0.3) is 0 Å². The monoisotopic (exact) mass is 1360 g/mol. The maximum absolute atomic E-state index is 12.9. The van der Waals surface area contributed by atoms with E-state index >= 15 is 0 Å². The summed E-state index contributed by atoms with van der Waals surface area (Å²) in [5, 5.41) is 67.7. The van der Waals surface area contributed by atoms with Gasteiger partial charge in [0.1, 0.15) is 49.3 Å². The van der Waals surface area contributed by atoms with Crippen molar-refractivity contribution in [3.05, 3.63) is 89.2 Å². The molecule has 0 bridgehead atoms. The number of carbonyl (C=O) groups excluding carboxylic acids is 2. The van der Waals surface area contributed by atoms with E-state index in [-0.39, 0.29) is 87.1 Å². The van der Waals surface area contributed by atoms with Crippen molar-refractivity contribution in [1.29, 1.82) is 0 Å². The van der Waals surface area contributed by atoms with Gasteiger partial charge >= 0.3 is 6.09 Å². The van der Waals surface area contributed by atoms with E-state index in [1.165, 1.54) is 37.4 Å². The fourth-order valence-corrected chi connectivity index (χ4v) is 13.5. The summed E-state index contributed by atoms with van der Waals surface area (Å²) in [6.45, 7) is 4.58. The lowest BCUT2D eigenvalue weighted by Gasteiger charge is -2.46. The molecule has 34 heteroatoms. The average Bonchev–Trinajstić information content (AvgIpc) is 1.58. The SMILES string of the molecule is CNC(=O)O[C@H]1[C@H](O)[C@H](O)[C@@H](O[C@@H]2[C@@H](OCCOCCNC(=O)CCCCCN3\C(=C/C=C/C=C/C4=[N+](CCCCS(=O)(=O)O)C(C)(CCCCS(=O)(=O)O)c5cc(S(=O)(=O)O)ccc54)C(C)(C)c4cc(S(=O)(=O)O)ccc43)O[C@@H](CO)[C@@H](O)[C@@H]2O)O[C@@H]1CO. The molecule has 2 aromatic carbocycles. The molecule has 2 amide bonds. The van der Waals surface area contributed by atoms with Gasteiger partial charge in [0, 0.05) is 74.8 Å². The van der Waals surface area contributed by atoms with Gasteiger partial charge in [-0.05, 0) is 80.1 Å². The van der Waals surface area contributed by atoms with Crippen molar-refractivity contribution in [2.24, 2.45) is 0 Å². The lowest BCUT2D eigenvalue weighted by Crippen LogP contribution is -2.65. The van der Waals surface area contributed by atoms with E-state index in [4.69, 9.17) is 28.4 Å². The van der Waals surface area contributed by atoms with Crippen LogP contribution in [0.5, 0.6) is 0 Å². The van der Waals surface area contributed by atoms with Gasteiger partial charge in [-0.15, -0.1) is 0 Å². The highest BCUT2D eigenvalue weighted by molar-refractivity contribution is 7.86. The summed E-state index contributed by atoms with van der Waals surface area (Å²) < 4.78 is 170. The van der Waals surface area contributed by atoms with E-state index in [0.717, 1.165) is 5.70 Å². The molecule has 90 heavy (non-hydrogen) atoms. The predicted octanol–water partition coefficient (Wildman–Crippen LogP) is 0.428. The zero-order valence-electron chi connectivity index (χ0n) is 50.1. The number of hydrogen-bond donors (Lipinski definition) is 12. The van der Waals surface area contributed by atoms with Crippen molar-refractivity contribution in [2.75, 3.05) is 76.1 Å². The van der Waals surface area contributed by atoms with Gasteiger partial charge in [-0.3, -0.25) is 23.0 Å². The molecule has 4 heterocycles. The zero-order chi connectivity index (χ0) is 66.6. The van der Waals surface area contributed by atoms with Crippen molar-refractivity contribution in [3.63, 3.8) is 0 Å². The number of rotatable bonds is 33. The molecule has 4 aliphatic heterocycles. The molecule has 30 nitrogen and oxygen atoms in total. The zero-order valence-corrected chi connectivity index (χ0v) is 53.4. The minimum atomic E-state index is -4.68. The summed E-state index contributed by atoms with van der Waals surface area (Å²) in [4.78, 5) is 26.0. The Bertz CT molecular complexity index is 3420. The van der Waals surface area contributed by atoms with Gasteiger partial charge < -0.3 is 74.6 Å². The molecule has 2 saturated heterocycles. The molecule has 11 atom stereocenters. The summed E-state index contributed by atoms with van der Waals surface area (Å²) in [5.41, 5.74) is 1.85. The number of amides is 2. The number of nitrogens with zero attached hydrogens (tertiary/aromatic N) is 2. The Hall–Kier alpha value is -4.93. The minimum absolute atomic E-state index is 0.0451. The first-order chi connectivity index (χ1) is 42.2. The number of unbranched alkanes of at least 4 members (excludes halogenated alkanes) is 4. The molecule has 0 aromatic heterocycles. The molecule has 506 valence electrons. The summed E-state index contributed by atoms with van der Waals surface area (Å²) in [7, 11) is -16.6. The van der Waals surface area contributed by atoms with Gasteiger partial charge in [0.15, 0.2) is 24.2 Å². The van der Waals surface area contributed by atoms with Crippen LogP contribution in [0, 0.1) is 0 Å². The lowest BCUT2D eigenvalue weighted by molar-refractivity contribution is -0.610. The van der Waals surface area contributed by atoms with E-state index in [1.807, 2.05) is 29.4 Å². The van der Waals surface area contributed by atoms with Crippen LogP contribution in [0.3, 0.4) is 0 Å². The van der Waals surface area contributed by atoms with Crippen LogP contribution in [0.15, 0.2) is 82.3 Å². The first-order valence-electron chi connectivity index (χ1n) is 29.0. The van der Waals surface area contributed by atoms with E-state index < -0.39 is 144 Å². The maximum Gasteiger partial charge on any atom is 0.407 e. The topological polar surface area (TPSA) is 459 Å². The van der Waals surface area contributed by atoms with Crippen LogP contribution >= 0.6 is 0 Å². The molecule has 0 spiro atoms. The number of anilines is 1. The first kappa shape index (κ1) is 74.1.